The third-order valence-electron chi connectivity index (χ3n) is 11.0. The van der Waals surface area contributed by atoms with Crippen molar-refractivity contribution >= 4 is 43.3 Å². The minimum atomic E-state index is -2.07. The molecule has 0 saturated carbocycles. The van der Waals surface area contributed by atoms with Crippen LogP contribution in [-0.4, -0.2) is 26.1 Å². The van der Waals surface area contributed by atoms with Crippen molar-refractivity contribution in [3.8, 4) is 44.8 Å². The van der Waals surface area contributed by atoms with Gasteiger partial charge in [-0.05, 0) is 92.6 Å². The van der Waals surface area contributed by atoms with E-state index in [9.17, 15) is 0 Å². The third kappa shape index (κ3) is 11.7. The van der Waals surface area contributed by atoms with Crippen LogP contribution in [0.1, 0.15) is 88.0 Å². The number of pyridine rings is 2. The van der Waals surface area contributed by atoms with Crippen LogP contribution >= 0.6 is 0 Å². The molecule has 0 aliphatic heterocycles. The van der Waals surface area contributed by atoms with Gasteiger partial charge in [-0.25, -0.2) is 0 Å². The van der Waals surface area contributed by atoms with Gasteiger partial charge < -0.3 is 14.4 Å². The molecule has 3 aromatic heterocycles. The van der Waals surface area contributed by atoms with Crippen LogP contribution in [0.4, 0.5) is 0 Å². The van der Waals surface area contributed by atoms with Crippen LogP contribution in [0.2, 0.25) is 39.3 Å². The van der Waals surface area contributed by atoms with Gasteiger partial charge in [-0.3, -0.25) is 0 Å². The fourth-order valence-corrected chi connectivity index (χ4v) is 10.3. The SMILES string of the molecule is [2H]C([2H])(c1cc(C(C)C)c(-c2ccnc(-c3[c-]cccc3)c2)c(C(C)C)c1)[Si](C)(C)C.[2H]C([2H])(c1ccnc(-c2[c-]ccc3c2oc2cc(-c4ccc([Si](C)(C)C)cc4)ccc23)c1)C(C)(C)C.[Ir]. The van der Waals surface area contributed by atoms with Gasteiger partial charge in [0, 0.05) is 51.4 Å². The van der Waals surface area contributed by atoms with Crippen molar-refractivity contribution in [1.82, 2.24) is 9.97 Å². The molecule has 5 aromatic carbocycles. The summed E-state index contributed by atoms with van der Waals surface area (Å²) in [7, 11) is -3.41. The summed E-state index contributed by atoms with van der Waals surface area (Å²) in [6.45, 7) is 27.9. The Morgan fingerprint density at radius 3 is 1.91 bits per heavy atom. The molecule has 333 valence electrons. The summed E-state index contributed by atoms with van der Waals surface area (Å²) >= 11 is 0. The summed E-state index contributed by atoms with van der Waals surface area (Å²) in [5, 5.41) is 3.50. The second-order valence-electron chi connectivity index (χ2n) is 20.5. The van der Waals surface area contributed by atoms with Gasteiger partial charge in [0.15, 0.2) is 0 Å². The fourth-order valence-electron chi connectivity index (χ4n) is 8.08. The van der Waals surface area contributed by atoms with Crippen molar-refractivity contribution in [3.63, 3.8) is 0 Å². The van der Waals surface area contributed by atoms with E-state index in [1.807, 2.05) is 69.4 Å². The van der Waals surface area contributed by atoms with E-state index in [4.69, 9.17) is 9.90 Å². The first-order chi connectivity index (χ1) is 31.3. The van der Waals surface area contributed by atoms with Crippen LogP contribution in [0.5, 0.6) is 0 Å². The Bertz CT molecular complexity index is 3010. The fraction of sp³-hybridized carbons (Fsp3) is 0.310. The second-order valence-corrected chi connectivity index (χ2v) is 30.3. The first kappa shape index (κ1) is 43.2. The molecular weight excluding hydrogens is 989 g/mol. The molecule has 0 unspecified atom stereocenters. The largest absolute Gasteiger partial charge is 0.501 e. The van der Waals surface area contributed by atoms with Crippen molar-refractivity contribution in [1.29, 1.82) is 0 Å². The minimum Gasteiger partial charge on any atom is -0.501 e. The van der Waals surface area contributed by atoms with Crippen LogP contribution in [0, 0.1) is 17.5 Å². The molecule has 0 saturated heterocycles. The van der Waals surface area contributed by atoms with Crippen molar-refractivity contribution in [2.45, 2.75) is 112 Å². The Kier molecular flexibility index (Phi) is 13.4. The first-order valence-corrected chi connectivity index (χ1v) is 29.4. The average molecular weight is 1060 g/mol. The van der Waals surface area contributed by atoms with Crippen LogP contribution < -0.4 is 5.19 Å². The van der Waals surface area contributed by atoms with Crippen molar-refractivity contribution in [2.75, 3.05) is 0 Å². The van der Waals surface area contributed by atoms with E-state index < -0.39 is 33.9 Å². The molecule has 3 heterocycles. The summed E-state index contributed by atoms with van der Waals surface area (Å²) in [6, 6.07) is 45.7. The molecule has 0 bridgehead atoms. The molecule has 0 aliphatic rings. The van der Waals surface area contributed by atoms with Crippen molar-refractivity contribution < 1.29 is 30.0 Å². The van der Waals surface area contributed by atoms with Gasteiger partial charge in [-0.2, -0.15) is 0 Å². The molecule has 8 rings (SSSR count). The van der Waals surface area contributed by atoms with E-state index in [1.54, 1.807) is 12.3 Å². The molecule has 1 radical (unpaired) electrons. The van der Waals surface area contributed by atoms with Gasteiger partial charge >= 0.3 is 0 Å². The number of benzene rings is 5. The summed E-state index contributed by atoms with van der Waals surface area (Å²) in [5.74, 6) is -0.726. The van der Waals surface area contributed by atoms with E-state index in [2.05, 4.69) is 156 Å². The normalized spacial score (nSPS) is 13.5. The third-order valence-corrected chi connectivity index (χ3v) is 14.2. The molecule has 64 heavy (non-hydrogen) atoms. The van der Waals surface area contributed by atoms with E-state index in [0.29, 0.717) is 11.3 Å². The Morgan fingerprint density at radius 2 is 1.30 bits per heavy atom. The molecular formula is C58H66IrN2OSi2-2. The molecule has 8 aromatic rings. The van der Waals surface area contributed by atoms with Gasteiger partial charge in [0.2, 0.25) is 0 Å². The van der Waals surface area contributed by atoms with Crippen molar-refractivity contribution in [2.24, 2.45) is 5.41 Å². The number of rotatable bonds is 10. The smallest absolute Gasteiger partial charge is 0.121 e. The zero-order valence-corrected chi connectivity index (χ0v) is 44.3. The van der Waals surface area contributed by atoms with E-state index in [-0.39, 0.29) is 31.9 Å². The molecule has 0 N–H and O–H groups in total. The number of fused-ring (bicyclic) bond motifs is 3. The van der Waals surface area contributed by atoms with Gasteiger partial charge in [0.1, 0.15) is 5.58 Å². The number of furan rings is 1. The Morgan fingerprint density at radius 1 is 0.641 bits per heavy atom. The summed E-state index contributed by atoms with van der Waals surface area (Å²) < 4.78 is 41.6. The molecule has 0 fully saturated rings. The summed E-state index contributed by atoms with van der Waals surface area (Å²) in [4.78, 5) is 9.15. The standard InChI is InChI=1S/C31H32NOSi.C27H34NSi.Ir/c1-31(2,3)20-21-16-17-32-28(18-21)27-9-7-8-26-25-15-12-23(19-29(25)33-30(26)27)22-10-13-24(14-11-22)34(4,5)6;1-19(2)24-15-21(18-29(5,6)7)16-25(20(3)4)27(24)23-13-14-28-26(17-23)22-11-9-8-10-12-22;/h7-8,10-19H,20H2,1-6H3;8-11,13-17,19-20H,18H2,1-7H3;/q2*-1;/i20D2;18D2;. The zero-order chi connectivity index (χ0) is 48.9. The molecule has 0 spiro atoms. The maximum atomic E-state index is 8.93. The predicted molar refractivity (Wildman–Crippen MR) is 277 cm³/mol. The zero-order valence-electron chi connectivity index (χ0n) is 43.9. The van der Waals surface area contributed by atoms with E-state index in [0.717, 1.165) is 55.4 Å². The van der Waals surface area contributed by atoms with Crippen LogP contribution in [-0.2, 0) is 32.5 Å². The molecule has 0 atom stereocenters. The minimum absolute atomic E-state index is 0. The Hall–Kier alpha value is -4.72. The predicted octanol–water partition coefficient (Wildman–Crippen LogP) is 16.1. The number of nitrogens with zero attached hydrogens (tertiary/aromatic N) is 2. The molecule has 6 heteroatoms. The molecule has 0 amide bonds. The van der Waals surface area contributed by atoms with E-state index in [1.165, 1.54) is 27.4 Å². The summed E-state index contributed by atoms with van der Waals surface area (Å²) in [6.07, 6.45) is 2.03. The summed E-state index contributed by atoms with van der Waals surface area (Å²) in [5.41, 5.74) is 12.8. The van der Waals surface area contributed by atoms with Crippen LogP contribution in [0.15, 0.2) is 132 Å². The van der Waals surface area contributed by atoms with E-state index >= 15 is 0 Å². The molecule has 0 aliphatic carbocycles. The average Bonchev–Trinajstić information content (AvgIpc) is 3.66. The Labute approximate surface area is 405 Å². The maximum absolute atomic E-state index is 8.93. The van der Waals surface area contributed by atoms with Gasteiger partial charge in [-0.1, -0.05) is 176 Å². The number of aromatic nitrogens is 2. The second kappa shape index (κ2) is 19.8. The number of hydrogen-bond donors (Lipinski definition) is 0. The van der Waals surface area contributed by atoms with Gasteiger partial charge in [0.25, 0.3) is 0 Å². The topological polar surface area (TPSA) is 38.9 Å². The van der Waals surface area contributed by atoms with Crippen LogP contribution in [0.3, 0.4) is 0 Å². The number of hydrogen-bond acceptors (Lipinski definition) is 3. The maximum Gasteiger partial charge on any atom is 0.121 e. The first-order valence-electron chi connectivity index (χ1n) is 24.4. The van der Waals surface area contributed by atoms with Gasteiger partial charge in [0.05, 0.1) is 13.7 Å². The molecule has 3 nitrogen and oxygen atoms in total. The van der Waals surface area contributed by atoms with Crippen molar-refractivity contribution in [3.05, 3.63) is 162 Å². The monoisotopic (exact) mass is 1060 g/mol. The van der Waals surface area contributed by atoms with Gasteiger partial charge in [-0.15, -0.1) is 54.1 Å². The Balaban J connectivity index is 0.000000223. The van der Waals surface area contributed by atoms with Crippen LogP contribution in [0.25, 0.3) is 66.7 Å². The quantitative estimate of drug-likeness (QED) is 0.101.